The van der Waals surface area contributed by atoms with E-state index in [-0.39, 0.29) is 28.8 Å². The quantitative estimate of drug-likeness (QED) is 0.160. The molecule has 4 aromatic rings. The van der Waals surface area contributed by atoms with Crippen molar-refractivity contribution in [2.45, 2.75) is 19.7 Å². The minimum atomic E-state index is -0.602. The number of anilines is 1. The number of likely N-dealkylation sites (N-methyl/N-ethyl adjacent to an activating group) is 1. The van der Waals surface area contributed by atoms with E-state index < -0.39 is 10.8 Å². The summed E-state index contributed by atoms with van der Waals surface area (Å²) in [6, 6.07) is 26.0. The van der Waals surface area contributed by atoms with Gasteiger partial charge in [0.2, 0.25) is 0 Å². The molecular weight excluding hydrogens is 594 g/mol. The Bertz CT molecular complexity index is 1670. The number of hydrogen-bond donors (Lipinski definition) is 2. The van der Waals surface area contributed by atoms with Gasteiger partial charge in [-0.2, -0.15) is 0 Å². The van der Waals surface area contributed by atoms with Crippen molar-refractivity contribution in [1.82, 2.24) is 15.1 Å². The summed E-state index contributed by atoms with van der Waals surface area (Å²) in [6.07, 6.45) is 0. The van der Waals surface area contributed by atoms with Gasteiger partial charge in [-0.25, -0.2) is 0 Å². The monoisotopic (exact) mass is 627 g/mol. The highest BCUT2D eigenvalue weighted by Gasteiger charge is 2.18. The number of carbonyl (C=O) groups is 2. The number of rotatable bonds is 11. The number of nitrogens with zero attached hydrogens (tertiary/aromatic N) is 3. The molecule has 0 aliphatic carbocycles. The van der Waals surface area contributed by atoms with Crippen molar-refractivity contribution < 1.29 is 19.2 Å². The van der Waals surface area contributed by atoms with E-state index in [2.05, 4.69) is 27.5 Å². The van der Waals surface area contributed by atoms with Crippen molar-refractivity contribution in [2.24, 2.45) is 0 Å². The van der Waals surface area contributed by atoms with Gasteiger partial charge in [-0.3, -0.25) is 24.6 Å². The first-order valence-corrected chi connectivity index (χ1v) is 15.0. The maximum Gasteiger partial charge on any atom is 0.270 e. The minimum Gasteiger partial charge on any atom is -0.487 e. The van der Waals surface area contributed by atoms with Crippen molar-refractivity contribution in [3.05, 3.63) is 134 Å². The number of hydrogen-bond acceptors (Lipinski definition) is 7. The van der Waals surface area contributed by atoms with Crippen LogP contribution < -0.4 is 15.4 Å². The van der Waals surface area contributed by atoms with Gasteiger partial charge in [0.05, 0.1) is 21.2 Å². The molecule has 2 N–H and O–H groups in total. The van der Waals surface area contributed by atoms with Crippen LogP contribution in [0.15, 0.2) is 91.0 Å². The SMILES string of the molecule is CN1CCN(Cc2ccc(C(=O)NCc3ccccc3COc3ccccc3NC(=O)c3cc([N+](=O)[O-])ccc3Cl)cc2)CC1. The van der Waals surface area contributed by atoms with E-state index in [0.717, 1.165) is 49.9 Å². The molecule has 1 fully saturated rings. The van der Waals surface area contributed by atoms with E-state index in [1.54, 1.807) is 24.3 Å². The molecule has 1 aliphatic rings. The van der Waals surface area contributed by atoms with Crippen LogP contribution in [0, 0.1) is 10.1 Å². The van der Waals surface area contributed by atoms with Gasteiger partial charge in [0.1, 0.15) is 12.4 Å². The van der Waals surface area contributed by atoms with E-state index in [1.807, 2.05) is 48.5 Å². The Morgan fingerprint density at radius 3 is 2.31 bits per heavy atom. The Kier molecular flexibility index (Phi) is 10.4. The third-order valence-corrected chi connectivity index (χ3v) is 8.03. The van der Waals surface area contributed by atoms with Crippen molar-refractivity contribution in [2.75, 3.05) is 38.5 Å². The van der Waals surface area contributed by atoms with Crippen LogP contribution in [0.4, 0.5) is 11.4 Å². The van der Waals surface area contributed by atoms with E-state index in [4.69, 9.17) is 16.3 Å². The standard InChI is InChI=1S/C34H34ClN5O5/c1-38-16-18-39(19-17-38)22-24-10-12-25(13-11-24)33(41)36-21-26-6-2-3-7-27(26)23-45-32-9-5-4-8-31(32)37-34(42)29-20-28(40(43)44)14-15-30(29)35/h2-15,20H,16-19,21-23H2,1H3,(H,36,41)(H,37,42). The topological polar surface area (TPSA) is 117 Å². The van der Waals surface area contributed by atoms with Crippen LogP contribution in [0.2, 0.25) is 5.02 Å². The fourth-order valence-corrected chi connectivity index (χ4v) is 5.22. The maximum atomic E-state index is 13.0. The van der Waals surface area contributed by atoms with Crippen LogP contribution in [0.3, 0.4) is 0 Å². The van der Waals surface area contributed by atoms with Crippen LogP contribution in [0.5, 0.6) is 5.75 Å². The van der Waals surface area contributed by atoms with Gasteiger partial charge in [0.15, 0.2) is 0 Å². The highest BCUT2D eigenvalue weighted by molar-refractivity contribution is 6.34. The van der Waals surface area contributed by atoms with Gasteiger partial charge >= 0.3 is 0 Å². The molecule has 0 saturated carbocycles. The largest absolute Gasteiger partial charge is 0.487 e. The van der Waals surface area contributed by atoms with Crippen LogP contribution >= 0.6 is 11.6 Å². The molecule has 0 radical (unpaired) electrons. The molecule has 0 aromatic heterocycles. The predicted octanol–water partition coefficient (Wildman–Crippen LogP) is 5.76. The lowest BCUT2D eigenvalue weighted by Gasteiger charge is -2.32. The lowest BCUT2D eigenvalue weighted by atomic mass is 10.1. The molecule has 10 nitrogen and oxygen atoms in total. The summed E-state index contributed by atoms with van der Waals surface area (Å²) >= 11 is 6.15. The first kappa shape index (κ1) is 31.6. The average Bonchev–Trinajstić information content (AvgIpc) is 3.05. The van der Waals surface area contributed by atoms with Crippen molar-refractivity contribution in [3.63, 3.8) is 0 Å². The van der Waals surface area contributed by atoms with Crippen LogP contribution in [-0.2, 0) is 19.7 Å². The number of benzene rings is 4. The highest BCUT2D eigenvalue weighted by atomic mass is 35.5. The number of carbonyl (C=O) groups excluding carboxylic acids is 2. The Morgan fingerprint density at radius 2 is 1.58 bits per heavy atom. The summed E-state index contributed by atoms with van der Waals surface area (Å²) in [5.74, 6) is -0.358. The zero-order chi connectivity index (χ0) is 31.8. The molecule has 11 heteroatoms. The molecule has 4 aromatic carbocycles. The summed E-state index contributed by atoms with van der Waals surface area (Å²) in [5, 5.41) is 17.0. The number of piperazine rings is 1. The maximum absolute atomic E-state index is 13.0. The zero-order valence-corrected chi connectivity index (χ0v) is 25.6. The lowest BCUT2D eigenvalue weighted by molar-refractivity contribution is -0.384. The second-order valence-corrected chi connectivity index (χ2v) is 11.3. The summed E-state index contributed by atoms with van der Waals surface area (Å²) in [4.78, 5) is 41.2. The Morgan fingerprint density at radius 1 is 0.889 bits per heavy atom. The molecule has 45 heavy (non-hydrogen) atoms. The van der Waals surface area contributed by atoms with E-state index >= 15 is 0 Å². The molecular formula is C34H34ClN5O5. The predicted molar refractivity (Wildman–Crippen MR) is 174 cm³/mol. The van der Waals surface area contributed by atoms with Crippen LogP contribution in [0.25, 0.3) is 0 Å². The Hall–Kier alpha value is -4.77. The fourth-order valence-electron chi connectivity index (χ4n) is 5.02. The Balaban J connectivity index is 1.18. The number of nitro groups is 1. The summed E-state index contributed by atoms with van der Waals surface area (Å²) in [7, 11) is 2.14. The molecule has 0 spiro atoms. The fraction of sp³-hybridized carbons (Fsp3) is 0.235. The summed E-state index contributed by atoms with van der Waals surface area (Å²) in [5.41, 5.74) is 3.66. The third kappa shape index (κ3) is 8.45. The molecule has 0 unspecified atom stereocenters. The Labute approximate surface area is 266 Å². The molecule has 2 amide bonds. The molecule has 1 saturated heterocycles. The lowest BCUT2D eigenvalue weighted by Crippen LogP contribution is -2.43. The van der Waals surface area contributed by atoms with Crippen LogP contribution in [-0.4, -0.2) is 59.8 Å². The molecule has 1 heterocycles. The third-order valence-electron chi connectivity index (χ3n) is 7.70. The molecule has 0 atom stereocenters. The van der Waals surface area contributed by atoms with Crippen LogP contribution in [0.1, 0.15) is 37.4 Å². The number of nitrogens with one attached hydrogen (secondary N) is 2. The smallest absolute Gasteiger partial charge is 0.270 e. The van der Waals surface area contributed by atoms with Gasteiger partial charge < -0.3 is 20.3 Å². The average molecular weight is 628 g/mol. The molecule has 0 bridgehead atoms. The molecule has 232 valence electrons. The van der Waals surface area contributed by atoms with Crippen molar-refractivity contribution in [3.8, 4) is 5.75 Å². The van der Waals surface area contributed by atoms with Gasteiger partial charge in [-0.05, 0) is 54.1 Å². The number of non-ortho nitro benzene ring substituents is 1. The minimum absolute atomic E-state index is 0.0218. The van der Waals surface area contributed by atoms with E-state index in [1.165, 1.54) is 17.7 Å². The zero-order valence-electron chi connectivity index (χ0n) is 24.9. The summed E-state index contributed by atoms with van der Waals surface area (Å²) < 4.78 is 6.09. The summed E-state index contributed by atoms with van der Waals surface area (Å²) in [6.45, 7) is 5.57. The number of amides is 2. The number of ether oxygens (including phenoxy) is 1. The number of para-hydroxylation sites is 2. The molecule has 1 aliphatic heterocycles. The van der Waals surface area contributed by atoms with E-state index in [0.29, 0.717) is 23.5 Å². The van der Waals surface area contributed by atoms with E-state index in [9.17, 15) is 19.7 Å². The molecule has 5 rings (SSSR count). The normalized spacial score (nSPS) is 13.6. The van der Waals surface area contributed by atoms with Crippen molar-refractivity contribution in [1.29, 1.82) is 0 Å². The second kappa shape index (κ2) is 14.8. The van der Waals surface area contributed by atoms with Gasteiger partial charge in [-0.15, -0.1) is 0 Å². The van der Waals surface area contributed by atoms with Crippen molar-refractivity contribution >= 4 is 34.8 Å². The van der Waals surface area contributed by atoms with Gasteiger partial charge in [-0.1, -0.05) is 60.1 Å². The van der Waals surface area contributed by atoms with Gasteiger partial charge in [0.25, 0.3) is 17.5 Å². The van der Waals surface area contributed by atoms with Gasteiger partial charge in [0, 0.05) is 57.0 Å². The highest BCUT2D eigenvalue weighted by Crippen LogP contribution is 2.28. The first-order valence-electron chi connectivity index (χ1n) is 14.6. The second-order valence-electron chi connectivity index (χ2n) is 10.9. The number of halogens is 1. The number of nitro benzene ring substituents is 1. The first-order chi connectivity index (χ1) is 21.8.